The molecule has 21 heavy (non-hydrogen) atoms. The van der Waals surface area contributed by atoms with Crippen LogP contribution < -0.4 is 15.4 Å². The topological polar surface area (TPSA) is 58.8 Å². The Morgan fingerprint density at radius 3 is 2.62 bits per heavy atom. The van der Waals surface area contributed by atoms with Crippen LogP contribution in [0.2, 0.25) is 0 Å². The third-order valence-electron chi connectivity index (χ3n) is 4.14. The molecule has 1 aromatic heterocycles. The van der Waals surface area contributed by atoms with Crippen molar-refractivity contribution in [1.82, 2.24) is 4.90 Å². The molecule has 2 heterocycles. The maximum Gasteiger partial charge on any atom is 0.265 e. The van der Waals surface area contributed by atoms with Crippen LogP contribution in [0.3, 0.4) is 0 Å². The van der Waals surface area contributed by atoms with Crippen molar-refractivity contribution in [2.24, 2.45) is 11.8 Å². The monoisotopic (exact) mass is 311 g/mol. The van der Waals surface area contributed by atoms with Gasteiger partial charge in [0.1, 0.15) is 15.6 Å². The van der Waals surface area contributed by atoms with E-state index in [4.69, 9.17) is 10.5 Å². The number of hydrogen-bond donors (Lipinski definition) is 1. The van der Waals surface area contributed by atoms with Crippen LogP contribution in [0, 0.1) is 11.8 Å². The van der Waals surface area contributed by atoms with Crippen molar-refractivity contribution in [2.75, 3.05) is 44.9 Å². The van der Waals surface area contributed by atoms with E-state index in [1.54, 1.807) is 26.1 Å². The van der Waals surface area contributed by atoms with Gasteiger partial charge in [0.2, 0.25) is 0 Å². The van der Waals surface area contributed by atoms with E-state index in [9.17, 15) is 4.79 Å². The van der Waals surface area contributed by atoms with Gasteiger partial charge in [-0.15, -0.1) is 11.3 Å². The standard InChI is InChI=1S/C15H25N3O2S/c1-9(2)10-6-7-18(8-10)15-12(20-5)11(16)13(21-15)14(19)17(3)4/h9-10H,6-8,16H2,1-5H3. The Kier molecular flexibility index (Phi) is 4.66. The molecule has 0 radical (unpaired) electrons. The minimum absolute atomic E-state index is 0.0679. The van der Waals surface area contributed by atoms with E-state index in [-0.39, 0.29) is 5.91 Å². The number of ether oxygens (including phenoxy) is 1. The van der Waals surface area contributed by atoms with Crippen molar-refractivity contribution in [3.05, 3.63) is 4.88 Å². The van der Waals surface area contributed by atoms with Gasteiger partial charge in [0.15, 0.2) is 5.75 Å². The summed E-state index contributed by atoms with van der Waals surface area (Å²) >= 11 is 1.44. The van der Waals surface area contributed by atoms with Gasteiger partial charge in [-0.05, 0) is 18.3 Å². The summed E-state index contributed by atoms with van der Waals surface area (Å²) in [5, 5.41) is 0.989. The highest BCUT2D eigenvalue weighted by Crippen LogP contribution is 2.46. The Hall–Kier alpha value is -1.43. The maximum absolute atomic E-state index is 12.2. The van der Waals surface area contributed by atoms with Crippen LogP contribution in [0.4, 0.5) is 10.7 Å². The molecule has 1 fully saturated rings. The van der Waals surface area contributed by atoms with Crippen molar-refractivity contribution in [2.45, 2.75) is 20.3 Å². The van der Waals surface area contributed by atoms with Gasteiger partial charge in [0.05, 0.1) is 7.11 Å². The number of anilines is 2. The first kappa shape index (κ1) is 15.9. The van der Waals surface area contributed by atoms with E-state index < -0.39 is 0 Å². The van der Waals surface area contributed by atoms with Crippen LogP contribution in [0.1, 0.15) is 29.9 Å². The van der Waals surface area contributed by atoms with Crippen LogP contribution in [0.25, 0.3) is 0 Å². The van der Waals surface area contributed by atoms with Gasteiger partial charge in [-0.1, -0.05) is 13.8 Å². The molecule has 1 unspecified atom stereocenters. The molecule has 1 aliphatic rings. The van der Waals surface area contributed by atoms with Gasteiger partial charge in [-0.3, -0.25) is 4.79 Å². The van der Waals surface area contributed by atoms with E-state index in [1.165, 1.54) is 17.8 Å². The fourth-order valence-corrected chi connectivity index (χ4v) is 3.95. The number of thiophene rings is 1. The van der Waals surface area contributed by atoms with Gasteiger partial charge in [0, 0.05) is 27.2 Å². The molecule has 5 nitrogen and oxygen atoms in total. The fourth-order valence-electron chi connectivity index (χ4n) is 2.70. The molecule has 118 valence electrons. The number of carbonyl (C=O) groups is 1. The summed E-state index contributed by atoms with van der Waals surface area (Å²) in [7, 11) is 5.08. The largest absolute Gasteiger partial charge is 0.492 e. The molecule has 6 heteroatoms. The molecule has 0 aromatic carbocycles. The molecule has 1 saturated heterocycles. The van der Waals surface area contributed by atoms with E-state index >= 15 is 0 Å². The molecular weight excluding hydrogens is 286 g/mol. The zero-order chi connectivity index (χ0) is 15.7. The van der Waals surface area contributed by atoms with Crippen molar-refractivity contribution >= 4 is 27.9 Å². The molecule has 1 amide bonds. The molecule has 1 aromatic rings. The lowest BCUT2D eigenvalue weighted by molar-refractivity contribution is 0.0833. The number of amides is 1. The number of hydrogen-bond acceptors (Lipinski definition) is 5. The molecule has 0 bridgehead atoms. The van der Waals surface area contributed by atoms with Crippen molar-refractivity contribution < 1.29 is 9.53 Å². The van der Waals surface area contributed by atoms with Crippen LogP contribution >= 0.6 is 11.3 Å². The smallest absolute Gasteiger partial charge is 0.265 e. The number of methoxy groups -OCH3 is 1. The SMILES string of the molecule is COc1c(N2CCC(C(C)C)C2)sc(C(=O)N(C)C)c1N. The molecule has 0 saturated carbocycles. The summed E-state index contributed by atoms with van der Waals surface area (Å²) in [5.74, 6) is 1.93. The molecule has 0 aliphatic carbocycles. The average Bonchev–Trinajstić information content (AvgIpc) is 3.02. The third-order valence-corrected chi connectivity index (χ3v) is 5.38. The molecular formula is C15H25N3O2S. The summed E-state index contributed by atoms with van der Waals surface area (Å²) in [6.07, 6.45) is 1.18. The third kappa shape index (κ3) is 2.95. The van der Waals surface area contributed by atoms with E-state index in [0.717, 1.165) is 18.1 Å². The zero-order valence-electron chi connectivity index (χ0n) is 13.5. The minimum atomic E-state index is -0.0679. The molecule has 2 N–H and O–H groups in total. The van der Waals surface area contributed by atoms with E-state index in [0.29, 0.717) is 28.1 Å². The second kappa shape index (κ2) is 6.13. The highest BCUT2D eigenvalue weighted by Gasteiger charge is 2.31. The quantitative estimate of drug-likeness (QED) is 0.928. The number of nitrogens with two attached hydrogens (primary N) is 1. The lowest BCUT2D eigenvalue weighted by Crippen LogP contribution is -2.21. The van der Waals surface area contributed by atoms with Gasteiger partial charge >= 0.3 is 0 Å². The summed E-state index contributed by atoms with van der Waals surface area (Å²) in [6, 6.07) is 0. The maximum atomic E-state index is 12.2. The van der Waals surface area contributed by atoms with Gasteiger partial charge in [-0.25, -0.2) is 0 Å². The minimum Gasteiger partial charge on any atom is -0.492 e. The van der Waals surface area contributed by atoms with Crippen molar-refractivity contribution in [1.29, 1.82) is 0 Å². The van der Waals surface area contributed by atoms with E-state index in [2.05, 4.69) is 18.7 Å². The van der Waals surface area contributed by atoms with Crippen LogP contribution in [-0.4, -0.2) is 45.1 Å². The number of carbonyl (C=O) groups excluding carboxylic acids is 1. The van der Waals surface area contributed by atoms with Gasteiger partial charge in [0.25, 0.3) is 5.91 Å². The average molecular weight is 311 g/mol. The van der Waals surface area contributed by atoms with Crippen molar-refractivity contribution in [3.63, 3.8) is 0 Å². The predicted octanol–water partition coefficient (Wildman–Crippen LogP) is 2.52. The first-order chi connectivity index (χ1) is 9.86. The number of rotatable bonds is 4. The molecule has 2 rings (SSSR count). The van der Waals surface area contributed by atoms with Crippen molar-refractivity contribution in [3.8, 4) is 5.75 Å². The Balaban J connectivity index is 2.32. The second-order valence-electron chi connectivity index (χ2n) is 6.12. The second-order valence-corrected chi connectivity index (χ2v) is 7.12. The summed E-state index contributed by atoms with van der Waals surface area (Å²) in [6.45, 7) is 6.52. The molecule has 1 aliphatic heterocycles. The Labute approximate surface area is 130 Å². The number of nitrogen functional groups attached to an aromatic ring is 1. The fraction of sp³-hybridized carbons (Fsp3) is 0.667. The normalized spacial score (nSPS) is 18.4. The van der Waals surface area contributed by atoms with Gasteiger partial charge in [-0.2, -0.15) is 0 Å². The summed E-state index contributed by atoms with van der Waals surface area (Å²) in [5.41, 5.74) is 6.59. The predicted molar refractivity (Wildman–Crippen MR) is 88.5 cm³/mol. The Morgan fingerprint density at radius 2 is 2.14 bits per heavy atom. The summed E-state index contributed by atoms with van der Waals surface area (Å²) in [4.78, 5) is 16.6. The lowest BCUT2D eigenvalue weighted by Gasteiger charge is -2.19. The number of nitrogens with zero attached hydrogens (tertiary/aromatic N) is 2. The highest BCUT2D eigenvalue weighted by molar-refractivity contribution is 7.19. The Bertz CT molecular complexity index is 525. The first-order valence-electron chi connectivity index (χ1n) is 7.29. The molecule has 1 atom stereocenters. The van der Waals surface area contributed by atoms with E-state index in [1.807, 2.05) is 0 Å². The Morgan fingerprint density at radius 1 is 1.48 bits per heavy atom. The lowest BCUT2D eigenvalue weighted by atomic mass is 9.95. The summed E-state index contributed by atoms with van der Waals surface area (Å²) < 4.78 is 5.47. The van der Waals surface area contributed by atoms with Gasteiger partial charge < -0.3 is 20.3 Å². The molecule has 0 spiro atoms. The van der Waals surface area contributed by atoms with Crippen LogP contribution in [0.5, 0.6) is 5.75 Å². The van der Waals surface area contributed by atoms with Crippen LogP contribution in [-0.2, 0) is 0 Å². The zero-order valence-corrected chi connectivity index (χ0v) is 14.3. The first-order valence-corrected chi connectivity index (χ1v) is 8.11. The van der Waals surface area contributed by atoms with Crippen LogP contribution in [0.15, 0.2) is 0 Å². The highest BCUT2D eigenvalue weighted by atomic mass is 32.1.